The number of rotatable bonds is 2. The maximum Gasteiger partial charge on any atom is 0.158 e. The van der Waals surface area contributed by atoms with Crippen molar-refractivity contribution in [1.82, 2.24) is 9.97 Å². The number of benzene rings is 1. The molecule has 0 aliphatic carbocycles. The van der Waals surface area contributed by atoms with Crippen LogP contribution in [0.15, 0.2) is 44.5 Å². The van der Waals surface area contributed by atoms with E-state index in [1.54, 1.807) is 34.4 Å². The summed E-state index contributed by atoms with van der Waals surface area (Å²) in [4.78, 5) is 8.77. The highest BCUT2D eigenvalue weighted by Gasteiger charge is 2.05. The van der Waals surface area contributed by atoms with E-state index < -0.39 is 0 Å². The molecule has 0 saturated carbocycles. The molecule has 0 saturated heterocycles. The lowest BCUT2D eigenvalue weighted by Crippen LogP contribution is -1.68. The van der Waals surface area contributed by atoms with Crippen molar-refractivity contribution in [3.05, 3.63) is 35.8 Å². The normalized spacial score (nSPS) is 10.9. The molecule has 0 aliphatic rings. The van der Waals surface area contributed by atoms with Gasteiger partial charge in [-0.2, -0.15) is 0 Å². The Kier molecular flexibility index (Phi) is 2.44. The van der Waals surface area contributed by atoms with Crippen LogP contribution in [0.1, 0.15) is 0 Å². The Balaban J connectivity index is 1.98. The fraction of sp³-hybridized carbons (Fsp3) is 0. The molecule has 0 radical (unpaired) electrons. The molecule has 0 atom stereocenters. The number of nitrogens with zero attached hydrogens (tertiary/aromatic N) is 2. The molecule has 0 unspecified atom stereocenters. The van der Waals surface area contributed by atoms with Crippen LogP contribution in [0.4, 0.5) is 0 Å². The summed E-state index contributed by atoms with van der Waals surface area (Å²) in [6.07, 6.45) is 1.82. The van der Waals surface area contributed by atoms with E-state index in [-0.39, 0.29) is 0 Å². The van der Waals surface area contributed by atoms with E-state index in [9.17, 15) is 0 Å². The molecule has 2 aromatic heterocycles. The summed E-state index contributed by atoms with van der Waals surface area (Å²) in [5.41, 5.74) is 1.07. The van der Waals surface area contributed by atoms with E-state index >= 15 is 0 Å². The van der Waals surface area contributed by atoms with Crippen LogP contribution in [0.3, 0.4) is 0 Å². The molecule has 0 amide bonds. The summed E-state index contributed by atoms with van der Waals surface area (Å²) >= 11 is 5.00. The summed E-state index contributed by atoms with van der Waals surface area (Å²) in [5, 5.41) is 1.98. The molecule has 1 aromatic carbocycles. The van der Waals surface area contributed by atoms with Gasteiger partial charge >= 0.3 is 0 Å². The first kappa shape index (κ1) is 9.33. The van der Waals surface area contributed by atoms with Crippen LogP contribution in [0.25, 0.3) is 10.2 Å². The summed E-state index contributed by atoms with van der Waals surface area (Å²) in [5.74, 6) is 0. The Labute approximate surface area is 99.0 Å². The van der Waals surface area contributed by atoms with E-state index in [2.05, 4.69) is 16.0 Å². The minimum atomic E-state index is 1.05. The van der Waals surface area contributed by atoms with Gasteiger partial charge in [0.05, 0.1) is 10.2 Å². The Morgan fingerprint density at radius 2 is 2.07 bits per heavy atom. The SMILES string of the molecule is c1ccc2sc(Sc3nccs3)nc2c1. The van der Waals surface area contributed by atoms with Gasteiger partial charge in [0.15, 0.2) is 8.68 Å². The largest absolute Gasteiger partial charge is 0.238 e. The van der Waals surface area contributed by atoms with Crippen molar-refractivity contribution in [2.24, 2.45) is 0 Å². The molecule has 3 rings (SSSR count). The van der Waals surface area contributed by atoms with Crippen LogP contribution < -0.4 is 0 Å². The molecular weight excluding hydrogens is 244 g/mol. The Hall–Kier alpha value is -0.910. The van der Waals surface area contributed by atoms with Gasteiger partial charge in [-0.3, -0.25) is 0 Å². The molecule has 15 heavy (non-hydrogen) atoms. The van der Waals surface area contributed by atoms with Gasteiger partial charge in [-0.25, -0.2) is 9.97 Å². The lowest BCUT2D eigenvalue weighted by molar-refractivity contribution is 1.23. The van der Waals surface area contributed by atoms with Crippen LogP contribution >= 0.6 is 34.4 Å². The first-order valence-corrected chi connectivity index (χ1v) is 6.86. The van der Waals surface area contributed by atoms with E-state index in [1.165, 1.54) is 4.70 Å². The van der Waals surface area contributed by atoms with Gasteiger partial charge < -0.3 is 0 Å². The Morgan fingerprint density at radius 1 is 1.13 bits per heavy atom. The molecule has 0 spiro atoms. The van der Waals surface area contributed by atoms with Gasteiger partial charge in [-0.05, 0) is 23.9 Å². The monoisotopic (exact) mass is 250 g/mol. The zero-order valence-electron chi connectivity index (χ0n) is 7.58. The van der Waals surface area contributed by atoms with Crippen molar-refractivity contribution in [3.8, 4) is 0 Å². The van der Waals surface area contributed by atoms with Gasteiger partial charge in [-0.1, -0.05) is 12.1 Å². The minimum absolute atomic E-state index is 1.05. The highest BCUT2D eigenvalue weighted by molar-refractivity contribution is 8.02. The van der Waals surface area contributed by atoms with Gasteiger partial charge in [0.1, 0.15) is 0 Å². The fourth-order valence-electron chi connectivity index (χ4n) is 1.23. The summed E-state index contributed by atoms with van der Waals surface area (Å²) in [7, 11) is 0. The average Bonchev–Trinajstić information content (AvgIpc) is 2.86. The highest BCUT2D eigenvalue weighted by atomic mass is 32.2. The molecule has 3 aromatic rings. The van der Waals surface area contributed by atoms with Crippen LogP contribution in [0.5, 0.6) is 0 Å². The van der Waals surface area contributed by atoms with Crippen molar-refractivity contribution in [2.45, 2.75) is 8.68 Å². The Morgan fingerprint density at radius 3 is 2.87 bits per heavy atom. The standard InChI is InChI=1S/C10H6N2S3/c1-2-4-8-7(3-1)12-10(14-8)15-9-11-5-6-13-9/h1-6H. The minimum Gasteiger partial charge on any atom is -0.238 e. The topological polar surface area (TPSA) is 25.8 Å². The van der Waals surface area contributed by atoms with Gasteiger partial charge in [0.25, 0.3) is 0 Å². The van der Waals surface area contributed by atoms with Crippen LogP contribution in [-0.2, 0) is 0 Å². The Bertz CT molecular complexity index is 538. The number of hydrogen-bond donors (Lipinski definition) is 0. The van der Waals surface area contributed by atoms with Crippen molar-refractivity contribution in [1.29, 1.82) is 0 Å². The number of hydrogen-bond acceptors (Lipinski definition) is 5. The van der Waals surface area contributed by atoms with Gasteiger partial charge in [0, 0.05) is 11.6 Å². The van der Waals surface area contributed by atoms with E-state index in [1.807, 2.05) is 29.8 Å². The van der Waals surface area contributed by atoms with Crippen molar-refractivity contribution in [3.63, 3.8) is 0 Å². The molecule has 0 N–H and O–H groups in total. The molecule has 74 valence electrons. The summed E-state index contributed by atoms with van der Waals surface area (Å²) in [6.45, 7) is 0. The second-order valence-corrected chi connectivity index (χ2v) is 6.27. The van der Waals surface area contributed by atoms with E-state index in [4.69, 9.17) is 0 Å². The lowest BCUT2D eigenvalue weighted by atomic mass is 10.3. The van der Waals surface area contributed by atoms with Crippen molar-refractivity contribution < 1.29 is 0 Å². The number of aromatic nitrogens is 2. The van der Waals surface area contributed by atoms with E-state index in [0.29, 0.717) is 0 Å². The molecule has 0 aliphatic heterocycles. The van der Waals surface area contributed by atoms with Gasteiger partial charge in [-0.15, -0.1) is 22.7 Å². The van der Waals surface area contributed by atoms with Crippen LogP contribution in [-0.4, -0.2) is 9.97 Å². The van der Waals surface area contributed by atoms with Gasteiger partial charge in [0.2, 0.25) is 0 Å². The molecule has 0 bridgehead atoms. The first-order chi connectivity index (χ1) is 7.42. The highest BCUT2D eigenvalue weighted by Crippen LogP contribution is 2.34. The molecule has 2 nitrogen and oxygen atoms in total. The average molecular weight is 250 g/mol. The van der Waals surface area contributed by atoms with Crippen LogP contribution in [0.2, 0.25) is 0 Å². The summed E-state index contributed by atoms with van der Waals surface area (Å²) in [6, 6.07) is 8.19. The third kappa shape index (κ3) is 1.90. The smallest absolute Gasteiger partial charge is 0.158 e. The second kappa shape index (κ2) is 3.92. The first-order valence-electron chi connectivity index (χ1n) is 4.35. The third-order valence-electron chi connectivity index (χ3n) is 1.86. The molecule has 0 fully saturated rings. The van der Waals surface area contributed by atoms with Crippen molar-refractivity contribution >= 4 is 44.7 Å². The zero-order chi connectivity index (χ0) is 10.1. The number of para-hydroxylation sites is 1. The molecular formula is C10H6N2S3. The zero-order valence-corrected chi connectivity index (χ0v) is 10.0. The quantitative estimate of drug-likeness (QED) is 0.689. The van der Waals surface area contributed by atoms with Crippen LogP contribution in [0, 0.1) is 0 Å². The predicted molar refractivity (Wildman–Crippen MR) is 65.9 cm³/mol. The van der Waals surface area contributed by atoms with E-state index in [0.717, 1.165) is 14.2 Å². The predicted octanol–water partition coefficient (Wildman–Crippen LogP) is 3.90. The maximum absolute atomic E-state index is 4.54. The number of fused-ring (bicyclic) bond motifs is 1. The maximum atomic E-state index is 4.54. The second-order valence-electron chi connectivity index (χ2n) is 2.85. The third-order valence-corrected chi connectivity index (χ3v) is 4.84. The fourth-order valence-corrected chi connectivity index (χ4v) is 4.12. The molecule has 2 heterocycles. The van der Waals surface area contributed by atoms with Crippen molar-refractivity contribution in [2.75, 3.05) is 0 Å². The number of thiazole rings is 2. The molecule has 5 heteroatoms. The summed E-state index contributed by atoms with van der Waals surface area (Å²) < 4.78 is 3.34. The lowest BCUT2D eigenvalue weighted by Gasteiger charge is -1.87.